The van der Waals surface area contributed by atoms with Crippen LogP contribution in [-0.2, 0) is 9.36 Å². The predicted octanol–water partition coefficient (Wildman–Crippen LogP) is 1.11. The highest BCUT2D eigenvalue weighted by molar-refractivity contribution is 7.65. The fourth-order valence-electron chi connectivity index (χ4n) is 0.705. The maximum Gasteiger partial charge on any atom is 0.231 e. The Balaban J connectivity index is 0.000000424. The fraction of sp³-hybridized carbons (Fsp3) is 0.125. The van der Waals surface area contributed by atoms with Gasteiger partial charge in [-0.1, -0.05) is 18.2 Å². The molecule has 1 aromatic carbocycles. The summed E-state index contributed by atoms with van der Waals surface area (Å²) < 4.78 is 11.0. The van der Waals surface area contributed by atoms with Crippen molar-refractivity contribution in [1.82, 2.24) is 0 Å². The average Bonchev–Trinajstić information content (AvgIpc) is 2.06. The molecular weight excluding hydrogens is 189 g/mol. The van der Waals surface area contributed by atoms with Crippen molar-refractivity contribution in [3.05, 3.63) is 30.3 Å². The second-order valence-corrected chi connectivity index (χ2v) is 4.59. The Morgan fingerprint density at radius 1 is 1.38 bits per heavy atom. The number of benzene rings is 1. The van der Waals surface area contributed by atoms with Crippen molar-refractivity contribution >= 4 is 18.8 Å². The van der Waals surface area contributed by atoms with E-state index < -0.39 is 7.37 Å². The van der Waals surface area contributed by atoms with Gasteiger partial charge in [0.05, 0.1) is 0 Å². The van der Waals surface area contributed by atoms with E-state index in [1.807, 2.05) is 6.07 Å². The third-order valence-electron chi connectivity index (χ3n) is 1.24. The lowest BCUT2D eigenvalue weighted by molar-refractivity contribution is 0.496. The Kier molecular flexibility index (Phi) is 4.93. The molecule has 2 N–H and O–H groups in total. The van der Waals surface area contributed by atoms with Gasteiger partial charge in [0.25, 0.3) is 0 Å². The van der Waals surface area contributed by atoms with E-state index in [0.717, 1.165) is 6.08 Å². The minimum Gasteiger partial charge on any atom is -0.341 e. The second kappa shape index (κ2) is 5.44. The van der Waals surface area contributed by atoms with Gasteiger partial charge in [-0.15, -0.1) is 0 Å². The van der Waals surface area contributed by atoms with E-state index in [1.54, 1.807) is 24.3 Å². The Morgan fingerprint density at radius 2 is 1.77 bits per heavy atom. The second-order valence-electron chi connectivity index (χ2n) is 2.32. The zero-order valence-electron chi connectivity index (χ0n) is 7.10. The lowest BCUT2D eigenvalue weighted by Crippen LogP contribution is -2.00. The molecule has 0 saturated carbocycles. The molecule has 0 radical (unpaired) electrons. The van der Waals surface area contributed by atoms with Gasteiger partial charge >= 0.3 is 0 Å². The number of hydrogen-bond donors (Lipinski definition) is 2. The van der Waals surface area contributed by atoms with Crippen LogP contribution in [0.4, 0.5) is 0 Å². The summed E-state index contributed by atoms with van der Waals surface area (Å²) in [6, 6.07) is 8.63. The SMILES string of the molecule is CP(=O)(O)c1ccccc1.N=C=O. The quantitative estimate of drug-likeness (QED) is 0.404. The Hall–Kier alpha value is -1.21. The van der Waals surface area contributed by atoms with Gasteiger partial charge in [0.1, 0.15) is 0 Å². The maximum atomic E-state index is 11.0. The lowest BCUT2D eigenvalue weighted by atomic mass is 10.4. The highest BCUT2D eigenvalue weighted by atomic mass is 31.2. The van der Waals surface area contributed by atoms with Gasteiger partial charge in [-0.05, 0) is 12.1 Å². The molecule has 5 heteroatoms. The molecule has 0 bridgehead atoms. The van der Waals surface area contributed by atoms with Crippen molar-refractivity contribution in [2.24, 2.45) is 0 Å². The number of nitrogens with one attached hydrogen (secondary N) is 1. The largest absolute Gasteiger partial charge is 0.341 e. The number of rotatable bonds is 1. The van der Waals surface area contributed by atoms with Gasteiger partial charge in [-0.25, -0.2) is 10.2 Å². The summed E-state index contributed by atoms with van der Waals surface area (Å²) in [5.74, 6) is 0. The Morgan fingerprint density at radius 3 is 2.00 bits per heavy atom. The first-order valence-electron chi connectivity index (χ1n) is 3.42. The van der Waals surface area contributed by atoms with Crippen molar-refractivity contribution in [1.29, 1.82) is 5.41 Å². The van der Waals surface area contributed by atoms with E-state index in [-0.39, 0.29) is 0 Å². The number of isocyanates is 1. The molecule has 1 rings (SSSR count). The molecule has 0 amide bonds. The van der Waals surface area contributed by atoms with Crippen molar-refractivity contribution in [2.45, 2.75) is 0 Å². The Labute approximate surface area is 76.2 Å². The minimum atomic E-state index is -3.02. The summed E-state index contributed by atoms with van der Waals surface area (Å²) in [4.78, 5) is 17.4. The monoisotopic (exact) mass is 199 g/mol. The van der Waals surface area contributed by atoms with Crippen LogP contribution in [0.2, 0.25) is 0 Å². The molecule has 0 aromatic heterocycles. The molecule has 0 spiro atoms. The molecule has 0 aliphatic rings. The van der Waals surface area contributed by atoms with Gasteiger partial charge in [0.15, 0.2) is 0 Å². The summed E-state index contributed by atoms with van der Waals surface area (Å²) >= 11 is 0. The third kappa shape index (κ3) is 5.10. The molecule has 13 heavy (non-hydrogen) atoms. The van der Waals surface area contributed by atoms with Gasteiger partial charge in [-0.2, -0.15) is 0 Å². The van der Waals surface area contributed by atoms with Crippen molar-refractivity contribution in [2.75, 3.05) is 6.66 Å². The molecule has 0 aliphatic carbocycles. The van der Waals surface area contributed by atoms with E-state index in [9.17, 15) is 4.57 Å². The van der Waals surface area contributed by atoms with Gasteiger partial charge in [0, 0.05) is 12.0 Å². The molecule has 0 heterocycles. The molecule has 4 nitrogen and oxygen atoms in total. The van der Waals surface area contributed by atoms with Crippen molar-refractivity contribution in [3.63, 3.8) is 0 Å². The van der Waals surface area contributed by atoms with Crippen LogP contribution in [0, 0.1) is 5.41 Å². The van der Waals surface area contributed by atoms with Gasteiger partial charge in [-0.3, -0.25) is 4.57 Å². The zero-order chi connectivity index (χ0) is 10.3. The Bertz CT molecular complexity index is 325. The van der Waals surface area contributed by atoms with Crippen LogP contribution in [0.1, 0.15) is 0 Å². The average molecular weight is 199 g/mol. The van der Waals surface area contributed by atoms with Crippen LogP contribution in [0.5, 0.6) is 0 Å². The van der Waals surface area contributed by atoms with E-state index in [2.05, 4.69) is 0 Å². The zero-order valence-corrected chi connectivity index (χ0v) is 7.99. The van der Waals surface area contributed by atoms with Crippen LogP contribution in [0.25, 0.3) is 0 Å². The summed E-state index contributed by atoms with van der Waals surface area (Å²) in [5, 5.41) is 5.91. The molecule has 70 valence electrons. The van der Waals surface area contributed by atoms with E-state index in [0.29, 0.717) is 5.30 Å². The smallest absolute Gasteiger partial charge is 0.231 e. The summed E-state index contributed by atoms with van der Waals surface area (Å²) in [5.41, 5.74) is 0. The topological polar surface area (TPSA) is 78.2 Å². The first-order chi connectivity index (χ1) is 6.02. The van der Waals surface area contributed by atoms with Gasteiger partial charge in [0.2, 0.25) is 13.4 Å². The number of hydrogen-bond acceptors (Lipinski definition) is 3. The minimum absolute atomic E-state index is 0.509. The van der Waals surface area contributed by atoms with Crippen LogP contribution < -0.4 is 5.30 Å². The van der Waals surface area contributed by atoms with Crippen LogP contribution in [0.3, 0.4) is 0 Å². The molecule has 1 aromatic rings. The standard InChI is InChI=1S/C7H9O2P.CHNO/c1-10(8,9)7-5-3-2-4-6-7;2-1-3/h2-6H,1H3,(H,8,9);2H. The molecule has 1 atom stereocenters. The summed E-state index contributed by atoms with van der Waals surface area (Å²) in [7, 11) is -3.02. The first-order valence-corrected chi connectivity index (χ1v) is 5.52. The molecule has 0 fully saturated rings. The van der Waals surface area contributed by atoms with Crippen LogP contribution in [0.15, 0.2) is 30.3 Å². The highest BCUT2D eigenvalue weighted by Gasteiger charge is 2.10. The summed E-state index contributed by atoms with van der Waals surface area (Å²) in [6.45, 7) is 1.34. The molecule has 1 unspecified atom stereocenters. The van der Waals surface area contributed by atoms with Crippen LogP contribution in [-0.4, -0.2) is 17.6 Å². The van der Waals surface area contributed by atoms with E-state index >= 15 is 0 Å². The maximum absolute atomic E-state index is 11.0. The normalized spacial score (nSPS) is 13.1. The fourth-order valence-corrected chi connectivity index (χ4v) is 1.43. The van der Waals surface area contributed by atoms with Crippen LogP contribution >= 0.6 is 7.37 Å². The molecule has 0 saturated heterocycles. The highest BCUT2D eigenvalue weighted by Crippen LogP contribution is 2.33. The van der Waals surface area contributed by atoms with E-state index in [1.165, 1.54) is 6.66 Å². The first kappa shape index (κ1) is 11.8. The third-order valence-corrected chi connectivity index (χ3v) is 2.49. The summed E-state index contributed by atoms with van der Waals surface area (Å²) in [6.07, 6.45) is 0.750. The van der Waals surface area contributed by atoms with Gasteiger partial charge < -0.3 is 4.89 Å². The molecular formula is C8H10NO3P. The van der Waals surface area contributed by atoms with Crippen molar-refractivity contribution < 1.29 is 14.3 Å². The predicted molar refractivity (Wildman–Crippen MR) is 50.2 cm³/mol. The van der Waals surface area contributed by atoms with Crippen molar-refractivity contribution in [3.8, 4) is 0 Å². The molecule has 0 aliphatic heterocycles. The van der Waals surface area contributed by atoms with E-state index in [4.69, 9.17) is 15.1 Å². The number of carbonyl (C=O) groups excluding carboxylic acids is 1. The lowest BCUT2D eigenvalue weighted by Gasteiger charge is -2.02.